The van der Waals surface area contributed by atoms with Crippen molar-refractivity contribution in [2.45, 2.75) is 37.1 Å². The molecule has 5 rings (SSSR count). The SMILES string of the molecule is CN1C(=O)O[C@H]2C[C@H](C(=O)N3CCc4ccccc4[C@@H]3c3ccc(F)cc3)OC[C@H]21. The summed E-state index contributed by atoms with van der Waals surface area (Å²) < 4.78 is 24.9. The fourth-order valence-electron chi connectivity index (χ4n) is 4.76. The van der Waals surface area contributed by atoms with E-state index in [0.29, 0.717) is 13.0 Å². The predicted molar refractivity (Wildman–Crippen MR) is 106 cm³/mol. The minimum absolute atomic E-state index is 0.122. The molecule has 0 bridgehead atoms. The van der Waals surface area contributed by atoms with Crippen LogP contribution in [0.25, 0.3) is 0 Å². The van der Waals surface area contributed by atoms with Crippen molar-refractivity contribution in [1.82, 2.24) is 9.80 Å². The summed E-state index contributed by atoms with van der Waals surface area (Å²) in [7, 11) is 1.69. The maximum absolute atomic E-state index is 13.5. The first-order valence-corrected chi connectivity index (χ1v) is 10.2. The lowest BCUT2D eigenvalue weighted by molar-refractivity contribution is -0.153. The fraction of sp³-hybridized carbons (Fsp3) is 0.391. The van der Waals surface area contributed by atoms with Gasteiger partial charge < -0.3 is 19.3 Å². The van der Waals surface area contributed by atoms with Gasteiger partial charge in [0.15, 0.2) is 0 Å². The van der Waals surface area contributed by atoms with E-state index < -0.39 is 6.10 Å². The van der Waals surface area contributed by atoms with Gasteiger partial charge in [0.1, 0.15) is 18.0 Å². The van der Waals surface area contributed by atoms with Gasteiger partial charge in [-0.3, -0.25) is 4.79 Å². The van der Waals surface area contributed by atoms with Crippen molar-refractivity contribution in [3.8, 4) is 0 Å². The molecule has 30 heavy (non-hydrogen) atoms. The largest absolute Gasteiger partial charge is 0.444 e. The number of nitrogens with zero attached hydrogens (tertiary/aromatic N) is 2. The fourth-order valence-corrected chi connectivity index (χ4v) is 4.76. The molecule has 4 atom stereocenters. The Bertz CT molecular complexity index is 979. The van der Waals surface area contributed by atoms with E-state index in [0.717, 1.165) is 17.5 Å². The number of amides is 2. The smallest absolute Gasteiger partial charge is 0.410 e. The average Bonchev–Trinajstić information content (AvgIpc) is 3.06. The number of hydrogen-bond donors (Lipinski definition) is 0. The molecule has 2 saturated heterocycles. The third kappa shape index (κ3) is 3.13. The van der Waals surface area contributed by atoms with Crippen molar-refractivity contribution >= 4 is 12.0 Å². The zero-order valence-corrected chi connectivity index (χ0v) is 16.7. The van der Waals surface area contributed by atoms with Gasteiger partial charge in [0.05, 0.1) is 18.7 Å². The third-order valence-corrected chi connectivity index (χ3v) is 6.41. The topological polar surface area (TPSA) is 59.1 Å². The van der Waals surface area contributed by atoms with E-state index in [-0.39, 0.29) is 42.6 Å². The molecule has 3 aliphatic rings. The molecule has 2 fully saturated rings. The van der Waals surface area contributed by atoms with Crippen LogP contribution in [0.3, 0.4) is 0 Å². The Hall–Kier alpha value is -2.93. The Labute approximate surface area is 174 Å². The lowest BCUT2D eigenvalue weighted by Gasteiger charge is -2.41. The molecule has 0 saturated carbocycles. The van der Waals surface area contributed by atoms with Crippen molar-refractivity contribution in [3.05, 3.63) is 71.0 Å². The number of rotatable bonds is 2. The van der Waals surface area contributed by atoms with E-state index in [9.17, 15) is 14.0 Å². The van der Waals surface area contributed by atoms with Gasteiger partial charge in [-0.2, -0.15) is 0 Å². The van der Waals surface area contributed by atoms with Gasteiger partial charge in [0.2, 0.25) is 0 Å². The molecule has 0 spiro atoms. The monoisotopic (exact) mass is 410 g/mol. The highest BCUT2D eigenvalue weighted by Gasteiger charge is 2.47. The van der Waals surface area contributed by atoms with Crippen LogP contribution < -0.4 is 0 Å². The number of likely N-dealkylation sites (N-methyl/N-ethyl adjacent to an activating group) is 1. The van der Waals surface area contributed by atoms with Gasteiger partial charge in [-0.1, -0.05) is 36.4 Å². The van der Waals surface area contributed by atoms with Gasteiger partial charge >= 0.3 is 6.09 Å². The standard InChI is InChI=1S/C23H23FN2O4/c1-25-18-13-29-20(12-19(18)30-23(25)28)22(27)26-11-10-14-4-2-3-5-17(14)21(26)15-6-8-16(24)9-7-15/h2-9,18-21H,10-13H2,1H3/t18-,19+,20-,21+/m1/s1. The summed E-state index contributed by atoms with van der Waals surface area (Å²) in [5.41, 5.74) is 3.09. The summed E-state index contributed by atoms with van der Waals surface area (Å²) in [4.78, 5) is 28.7. The first-order valence-electron chi connectivity index (χ1n) is 10.2. The molecule has 0 radical (unpaired) electrons. The Kier molecular flexibility index (Phi) is 4.70. The van der Waals surface area contributed by atoms with Gasteiger partial charge in [-0.05, 0) is 35.2 Å². The lowest BCUT2D eigenvalue weighted by atomic mass is 9.87. The van der Waals surface area contributed by atoms with E-state index in [2.05, 4.69) is 6.07 Å². The quantitative estimate of drug-likeness (QED) is 0.764. The van der Waals surface area contributed by atoms with E-state index >= 15 is 0 Å². The third-order valence-electron chi connectivity index (χ3n) is 6.41. The molecule has 6 nitrogen and oxygen atoms in total. The molecular weight excluding hydrogens is 387 g/mol. The number of fused-ring (bicyclic) bond motifs is 2. The molecule has 0 aliphatic carbocycles. The van der Waals surface area contributed by atoms with E-state index in [1.807, 2.05) is 23.1 Å². The number of ether oxygens (including phenoxy) is 2. The molecule has 7 heteroatoms. The van der Waals surface area contributed by atoms with Crippen molar-refractivity contribution in [1.29, 1.82) is 0 Å². The van der Waals surface area contributed by atoms with Crippen LogP contribution in [-0.2, 0) is 20.7 Å². The molecule has 2 aromatic carbocycles. The molecule has 3 heterocycles. The summed E-state index contributed by atoms with van der Waals surface area (Å²) in [5, 5.41) is 0. The summed E-state index contributed by atoms with van der Waals surface area (Å²) in [5.74, 6) is -0.433. The number of carbonyl (C=O) groups excluding carboxylic acids is 2. The summed E-state index contributed by atoms with van der Waals surface area (Å²) in [6, 6.07) is 13.9. The molecule has 0 unspecified atom stereocenters. The van der Waals surface area contributed by atoms with Crippen LogP contribution in [0.2, 0.25) is 0 Å². The first kappa shape index (κ1) is 19.1. The molecule has 0 aromatic heterocycles. The predicted octanol–water partition coefficient (Wildman–Crippen LogP) is 2.91. The van der Waals surface area contributed by atoms with E-state index in [4.69, 9.17) is 9.47 Å². The zero-order valence-electron chi connectivity index (χ0n) is 16.7. The van der Waals surface area contributed by atoms with E-state index in [1.165, 1.54) is 22.6 Å². The molecule has 2 amide bonds. The van der Waals surface area contributed by atoms with Crippen LogP contribution >= 0.6 is 0 Å². The maximum atomic E-state index is 13.5. The second-order valence-corrected chi connectivity index (χ2v) is 8.09. The highest BCUT2D eigenvalue weighted by Crippen LogP contribution is 2.37. The molecule has 156 valence electrons. The second kappa shape index (κ2) is 7.40. The number of carbonyl (C=O) groups is 2. The van der Waals surface area contributed by atoms with Crippen LogP contribution in [0, 0.1) is 5.82 Å². The maximum Gasteiger partial charge on any atom is 0.410 e. The summed E-state index contributed by atoms with van der Waals surface area (Å²) >= 11 is 0. The Morgan fingerprint density at radius 1 is 1.13 bits per heavy atom. The normalized spacial score (nSPS) is 28.0. The Morgan fingerprint density at radius 3 is 2.70 bits per heavy atom. The van der Waals surface area contributed by atoms with Crippen LogP contribution in [0.1, 0.15) is 29.2 Å². The highest BCUT2D eigenvalue weighted by atomic mass is 19.1. The van der Waals surface area contributed by atoms with Crippen molar-refractivity contribution in [2.24, 2.45) is 0 Å². The molecule has 2 aromatic rings. The Morgan fingerprint density at radius 2 is 1.90 bits per heavy atom. The second-order valence-electron chi connectivity index (χ2n) is 8.09. The molecule has 3 aliphatic heterocycles. The Balaban J connectivity index is 1.44. The average molecular weight is 410 g/mol. The summed E-state index contributed by atoms with van der Waals surface area (Å²) in [6.45, 7) is 0.820. The highest BCUT2D eigenvalue weighted by molar-refractivity contribution is 5.83. The van der Waals surface area contributed by atoms with Crippen LogP contribution in [0.4, 0.5) is 9.18 Å². The molecular formula is C23H23FN2O4. The number of halogens is 1. The van der Waals surface area contributed by atoms with Crippen LogP contribution in [0.5, 0.6) is 0 Å². The van der Waals surface area contributed by atoms with E-state index in [1.54, 1.807) is 19.2 Å². The van der Waals surface area contributed by atoms with Gasteiger partial charge in [-0.25, -0.2) is 9.18 Å². The number of benzene rings is 2. The zero-order chi connectivity index (χ0) is 20.8. The van der Waals surface area contributed by atoms with Crippen LogP contribution in [-0.4, -0.2) is 60.2 Å². The minimum Gasteiger partial charge on any atom is -0.444 e. The van der Waals surface area contributed by atoms with Crippen molar-refractivity contribution in [3.63, 3.8) is 0 Å². The molecule has 0 N–H and O–H groups in total. The number of hydrogen-bond acceptors (Lipinski definition) is 4. The minimum atomic E-state index is -0.668. The van der Waals surface area contributed by atoms with Gasteiger partial charge in [0.25, 0.3) is 5.91 Å². The van der Waals surface area contributed by atoms with Gasteiger partial charge in [0, 0.05) is 20.0 Å². The van der Waals surface area contributed by atoms with Crippen LogP contribution in [0.15, 0.2) is 48.5 Å². The van der Waals surface area contributed by atoms with Gasteiger partial charge in [-0.15, -0.1) is 0 Å². The lowest BCUT2D eigenvalue weighted by Crippen LogP contribution is -2.52. The van der Waals surface area contributed by atoms with Crippen molar-refractivity contribution < 1.29 is 23.5 Å². The first-order chi connectivity index (χ1) is 14.5. The summed E-state index contributed by atoms with van der Waals surface area (Å²) in [6.07, 6.45) is -0.299. The van der Waals surface area contributed by atoms with Crippen molar-refractivity contribution in [2.75, 3.05) is 20.2 Å².